The number of hydrogen-bond donors (Lipinski definition) is 2. The maximum atomic E-state index is 12.3. The summed E-state index contributed by atoms with van der Waals surface area (Å²) in [6.07, 6.45) is 0. The quantitative estimate of drug-likeness (QED) is 0.686. The van der Waals surface area contributed by atoms with E-state index in [2.05, 4.69) is 20.4 Å². The lowest BCUT2D eigenvalue weighted by atomic mass is 10.1. The Morgan fingerprint density at radius 1 is 1.03 bits per heavy atom. The smallest absolute Gasteiger partial charge is 0.319 e. The highest BCUT2D eigenvalue weighted by atomic mass is 35.5. The number of carbonyl (C=O) groups excluding carboxylic acids is 2. The monoisotopic (exact) mass is 430 g/mol. The summed E-state index contributed by atoms with van der Waals surface area (Å²) >= 11 is 5.91. The molecule has 160 valence electrons. The number of halogens is 1. The van der Waals surface area contributed by atoms with Gasteiger partial charge < -0.3 is 20.3 Å². The number of nitrogens with one attached hydrogen (secondary N) is 2. The number of amides is 2. The number of carbonyl (C=O) groups is 2. The number of piperazine rings is 1. The van der Waals surface area contributed by atoms with Crippen LogP contribution in [0.25, 0.3) is 0 Å². The Kier molecular flexibility index (Phi) is 7.54. The standard InChI is InChI=1S/C22H27ClN4O3/c1-16(17-3-5-18(23)6-4-17)24-22(29)25-19-7-9-20(10-8-19)27-13-11-26(12-14-27)15-21(28)30-2/h3-10,16H,11-15H2,1-2H3,(H2,24,25,29). The van der Waals surface area contributed by atoms with Gasteiger partial charge in [-0.15, -0.1) is 0 Å². The normalized spacial score (nSPS) is 15.4. The third-order valence-electron chi connectivity index (χ3n) is 5.16. The Hall–Kier alpha value is -2.77. The number of anilines is 2. The maximum absolute atomic E-state index is 12.3. The minimum absolute atomic E-state index is 0.136. The first-order valence-electron chi connectivity index (χ1n) is 9.92. The highest BCUT2D eigenvalue weighted by Crippen LogP contribution is 2.20. The number of ether oxygens (including phenoxy) is 1. The van der Waals surface area contributed by atoms with Crippen LogP contribution in [0.2, 0.25) is 5.02 Å². The van der Waals surface area contributed by atoms with Gasteiger partial charge in [0, 0.05) is 42.6 Å². The van der Waals surface area contributed by atoms with Crippen molar-refractivity contribution >= 4 is 35.0 Å². The predicted molar refractivity (Wildman–Crippen MR) is 119 cm³/mol. The van der Waals surface area contributed by atoms with Crippen LogP contribution >= 0.6 is 11.6 Å². The fourth-order valence-corrected chi connectivity index (χ4v) is 3.49. The van der Waals surface area contributed by atoms with Gasteiger partial charge in [0.25, 0.3) is 0 Å². The van der Waals surface area contributed by atoms with Crippen LogP contribution in [-0.4, -0.2) is 56.7 Å². The van der Waals surface area contributed by atoms with Gasteiger partial charge in [-0.05, 0) is 48.9 Å². The van der Waals surface area contributed by atoms with Crippen molar-refractivity contribution in [3.63, 3.8) is 0 Å². The molecule has 7 nitrogen and oxygen atoms in total. The summed E-state index contributed by atoms with van der Waals surface area (Å²) < 4.78 is 4.72. The molecule has 2 amide bonds. The zero-order chi connectivity index (χ0) is 21.5. The summed E-state index contributed by atoms with van der Waals surface area (Å²) in [5.41, 5.74) is 2.80. The van der Waals surface area contributed by atoms with Gasteiger partial charge in [0.1, 0.15) is 0 Å². The molecule has 1 unspecified atom stereocenters. The van der Waals surface area contributed by atoms with Crippen LogP contribution in [0.1, 0.15) is 18.5 Å². The molecule has 2 aromatic carbocycles. The summed E-state index contributed by atoms with van der Waals surface area (Å²) in [5.74, 6) is -0.206. The molecule has 1 heterocycles. The van der Waals surface area contributed by atoms with E-state index in [0.29, 0.717) is 11.6 Å². The van der Waals surface area contributed by atoms with Crippen LogP contribution < -0.4 is 15.5 Å². The van der Waals surface area contributed by atoms with E-state index in [1.54, 1.807) is 12.1 Å². The number of hydrogen-bond acceptors (Lipinski definition) is 5. The van der Waals surface area contributed by atoms with Crippen LogP contribution in [-0.2, 0) is 9.53 Å². The Bertz CT molecular complexity index is 850. The number of esters is 1. The molecule has 2 aromatic rings. The maximum Gasteiger partial charge on any atom is 0.319 e. The number of nitrogens with zero attached hydrogens (tertiary/aromatic N) is 2. The summed E-state index contributed by atoms with van der Waals surface area (Å²) in [6.45, 7) is 5.54. The number of urea groups is 1. The van der Waals surface area contributed by atoms with E-state index in [1.807, 2.05) is 43.3 Å². The minimum atomic E-state index is -0.262. The summed E-state index contributed by atoms with van der Waals surface area (Å²) in [5, 5.41) is 6.45. The van der Waals surface area contributed by atoms with Gasteiger partial charge in [0.2, 0.25) is 0 Å². The molecule has 1 aliphatic rings. The summed E-state index contributed by atoms with van der Waals surface area (Å²) in [6, 6.07) is 14.8. The second kappa shape index (κ2) is 10.3. The van der Waals surface area contributed by atoms with Gasteiger partial charge in [-0.25, -0.2) is 4.79 Å². The van der Waals surface area contributed by atoms with Crippen LogP contribution in [0.3, 0.4) is 0 Å². The molecule has 0 aliphatic carbocycles. The van der Waals surface area contributed by atoms with Crippen LogP contribution in [0, 0.1) is 0 Å². The van der Waals surface area contributed by atoms with E-state index in [4.69, 9.17) is 16.3 Å². The van der Waals surface area contributed by atoms with Gasteiger partial charge in [-0.2, -0.15) is 0 Å². The molecule has 0 radical (unpaired) electrons. The van der Waals surface area contributed by atoms with E-state index in [-0.39, 0.29) is 18.0 Å². The predicted octanol–water partition coefficient (Wildman–Crippen LogP) is 3.52. The number of methoxy groups -OCH3 is 1. The molecule has 1 aliphatic heterocycles. The van der Waals surface area contributed by atoms with Crippen molar-refractivity contribution in [2.75, 3.05) is 50.1 Å². The van der Waals surface area contributed by atoms with Crippen LogP contribution in [0.5, 0.6) is 0 Å². The first kappa shape index (κ1) is 21.9. The second-order valence-corrected chi connectivity index (χ2v) is 7.69. The van der Waals surface area contributed by atoms with Crippen molar-refractivity contribution in [2.45, 2.75) is 13.0 Å². The van der Waals surface area contributed by atoms with E-state index in [1.165, 1.54) is 7.11 Å². The molecule has 3 rings (SSSR count). The SMILES string of the molecule is COC(=O)CN1CCN(c2ccc(NC(=O)NC(C)c3ccc(Cl)cc3)cc2)CC1. The Morgan fingerprint density at radius 2 is 1.67 bits per heavy atom. The third-order valence-corrected chi connectivity index (χ3v) is 5.41. The molecular weight excluding hydrogens is 404 g/mol. The van der Waals surface area contributed by atoms with E-state index in [0.717, 1.165) is 43.1 Å². The van der Waals surface area contributed by atoms with Gasteiger partial charge in [0.15, 0.2) is 0 Å². The number of rotatable bonds is 6. The average Bonchev–Trinajstić information content (AvgIpc) is 2.75. The van der Waals surface area contributed by atoms with Crippen LogP contribution in [0.4, 0.5) is 16.2 Å². The van der Waals surface area contributed by atoms with Crippen molar-refractivity contribution in [1.82, 2.24) is 10.2 Å². The second-order valence-electron chi connectivity index (χ2n) is 7.26. The van der Waals surface area contributed by atoms with Gasteiger partial charge in [-0.1, -0.05) is 23.7 Å². The fourth-order valence-electron chi connectivity index (χ4n) is 3.37. The molecule has 2 N–H and O–H groups in total. The summed E-state index contributed by atoms with van der Waals surface area (Å²) in [4.78, 5) is 28.0. The molecular formula is C22H27ClN4O3. The molecule has 1 saturated heterocycles. The molecule has 0 spiro atoms. The average molecular weight is 431 g/mol. The molecule has 0 bridgehead atoms. The molecule has 30 heavy (non-hydrogen) atoms. The molecule has 0 aromatic heterocycles. The molecule has 8 heteroatoms. The fraction of sp³-hybridized carbons (Fsp3) is 0.364. The van der Waals surface area contributed by atoms with E-state index < -0.39 is 0 Å². The topological polar surface area (TPSA) is 73.9 Å². The summed E-state index contributed by atoms with van der Waals surface area (Å²) in [7, 11) is 1.41. The van der Waals surface area contributed by atoms with E-state index >= 15 is 0 Å². The van der Waals surface area contributed by atoms with Crippen LogP contribution in [0.15, 0.2) is 48.5 Å². The molecule has 0 saturated carbocycles. The van der Waals surface area contributed by atoms with Crippen molar-refractivity contribution in [3.8, 4) is 0 Å². The van der Waals surface area contributed by atoms with Crippen molar-refractivity contribution in [2.24, 2.45) is 0 Å². The highest BCUT2D eigenvalue weighted by molar-refractivity contribution is 6.30. The minimum Gasteiger partial charge on any atom is -0.468 e. The van der Waals surface area contributed by atoms with Gasteiger partial charge >= 0.3 is 12.0 Å². The zero-order valence-corrected chi connectivity index (χ0v) is 18.0. The van der Waals surface area contributed by atoms with Crippen molar-refractivity contribution in [3.05, 3.63) is 59.1 Å². The Balaban J connectivity index is 1.48. The van der Waals surface area contributed by atoms with Gasteiger partial charge in [0.05, 0.1) is 19.7 Å². The van der Waals surface area contributed by atoms with E-state index in [9.17, 15) is 9.59 Å². The molecule has 1 atom stereocenters. The zero-order valence-electron chi connectivity index (χ0n) is 17.2. The lowest BCUT2D eigenvalue weighted by Gasteiger charge is -2.35. The van der Waals surface area contributed by atoms with Gasteiger partial charge in [-0.3, -0.25) is 9.69 Å². The Labute approximate surface area is 181 Å². The lowest BCUT2D eigenvalue weighted by molar-refractivity contribution is -0.142. The largest absolute Gasteiger partial charge is 0.468 e. The number of benzene rings is 2. The lowest BCUT2D eigenvalue weighted by Crippen LogP contribution is -2.48. The third kappa shape index (κ3) is 6.11. The first-order chi connectivity index (χ1) is 14.4. The Morgan fingerprint density at radius 3 is 2.27 bits per heavy atom. The molecule has 1 fully saturated rings. The first-order valence-corrected chi connectivity index (χ1v) is 10.3. The van der Waals surface area contributed by atoms with Crippen molar-refractivity contribution in [1.29, 1.82) is 0 Å². The van der Waals surface area contributed by atoms with Crippen molar-refractivity contribution < 1.29 is 14.3 Å². The highest BCUT2D eigenvalue weighted by Gasteiger charge is 2.19.